The van der Waals surface area contributed by atoms with Crippen molar-refractivity contribution in [2.45, 2.75) is 12.5 Å². The fourth-order valence-corrected chi connectivity index (χ4v) is 3.30. The number of benzene rings is 1. The van der Waals surface area contributed by atoms with Crippen LogP contribution in [0.3, 0.4) is 0 Å². The van der Waals surface area contributed by atoms with E-state index in [0.29, 0.717) is 25.6 Å². The van der Waals surface area contributed by atoms with Crippen LogP contribution in [0.4, 0.5) is 5.95 Å². The van der Waals surface area contributed by atoms with E-state index in [4.69, 9.17) is 0 Å². The van der Waals surface area contributed by atoms with Crippen LogP contribution >= 0.6 is 0 Å². The molecule has 0 unspecified atom stereocenters. The van der Waals surface area contributed by atoms with Crippen molar-refractivity contribution in [3.8, 4) is 0 Å². The quantitative estimate of drug-likeness (QED) is 0.676. The molecule has 0 aliphatic carbocycles. The number of carbonyl (C=O) groups excluding carboxylic acids is 1. The lowest BCUT2D eigenvalue weighted by Gasteiger charge is -2.26. The molecule has 138 valence electrons. The fraction of sp³-hybridized carbons (Fsp3) is 0.333. The maximum Gasteiger partial charge on any atom is 0.252 e. The summed E-state index contributed by atoms with van der Waals surface area (Å²) in [7, 11) is 0. The van der Waals surface area contributed by atoms with Crippen LogP contribution < -0.4 is 4.90 Å². The van der Waals surface area contributed by atoms with Crippen molar-refractivity contribution in [3.05, 3.63) is 60.7 Å². The topological polar surface area (TPSA) is 92.9 Å². The van der Waals surface area contributed by atoms with E-state index in [1.165, 1.54) is 11.0 Å². The highest BCUT2D eigenvalue weighted by Crippen LogP contribution is 2.21. The second-order valence-electron chi connectivity index (χ2n) is 6.32. The highest BCUT2D eigenvalue weighted by molar-refractivity contribution is 5.83. The van der Waals surface area contributed by atoms with Gasteiger partial charge in [-0.15, -0.1) is 5.10 Å². The standard InChI is InChI=1S/C18H20N8O/c27-17(16(26-14-21-22-23-26)15-6-2-1-3-7-15)24-10-5-11-25(13-12-24)18-19-8-4-9-20-18/h1-4,6-9,14,16H,5,10-13H2/t16-/m0/s1. The number of rotatable bonds is 4. The van der Waals surface area contributed by atoms with Gasteiger partial charge in [-0.25, -0.2) is 14.6 Å². The molecule has 27 heavy (non-hydrogen) atoms. The van der Waals surface area contributed by atoms with Crippen LogP contribution in [-0.2, 0) is 4.79 Å². The van der Waals surface area contributed by atoms with Gasteiger partial charge in [-0.3, -0.25) is 4.79 Å². The largest absolute Gasteiger partial charge is 0.339 e. The summed E-state index contributed by atoms with van der Waals surface area (Å²) in [5.41, 5.74) is 0.863. The van der Waals surface area contributed by atoms with Crippen molar-refractivity contribution in [2.75, 3.05) is 31.1 Å². The van der Waals surface area contributed by atoms with E-state index in [1.807, 2.05) is 35.2 Å². The lowest BCUT2D eigenvalue weighted by atomic mass is 10.1. The molecule has 4 rings (SSSR count). The minimum atomic E-state index is -0.569. The summed E-state index contributed by atoms with van der Waals surface area (Å²) in [5.74, 6) is 0.691. The number of anilines is 1. The predicted molar refractivity (Wildman–Crippen MR) is 97.8 cm³/mol. The van der Waals surface area contributed by atoms with Gasteiger partial charge < -0.3 is 9.80 Å². The first-order valence-corrected chi connectivity index (χ1v) is 8.91. The average molecular weight is 364 g/mol. The van der Waals surface area contributed by atoms with E-state index in [2.05, 4.69) is 30.4 Å². The van der Waals surface area contributed by atoms with Gasteiger partial charge in [-0.2, -0.15) is 0 Å². The number of tetrazole rings is 1. The van der Waals surface area contributed by atoms with E-state index in [1.54, 1.807) is 18.5 Å². The van der Waals surface area contributed by atoms with Crippen LogP contribution in [-0.4, -0.2) is 67.2 Å². The Hall–Kier alpha value is -3.36. The summed E-state index contributed by atoms with van der Waals surface area (Å²) < 4.78 is 1.51. The van der Waals surface area contributed by atoms with Crippen LogP contribution in [0.2, 0.25) is 0 Å². The molecular formula is C18H20N8O. The molecule has 0 spiro atoms. The molecule has 3 aromatic rings. The normalized spacial score (nSPS) is 16.0. The molecule has 1 fully saturated rings. The smallest absolute Gasteiger partial charge is 0.252 e. The van der Waals surface area contributed by atoms with E-state index >= 15 is 0 Å². The van der Waals surface area contributed by atoms with Gasteiger partial charge in [0.1, 0.15) is 6.33 Å². The van der Waals surface area contributed by atoms with E-state index in [-0.39, 0.29) is 5.91 Å². The first-order chi connectivity index (χ1) is 13.3. The van der Waals surface area contributed by atoms with Crippen LogP contribution in [0, 0.1) is 0 Å². The Kier molecular flexibility index (Phi) is 4.99. The summed E-state index contributed by atoms with van der Waals surface area (Å²) in [6, 6.07) is 10.8. The van der Waals surface area contributed by atoms with Crippen LogP contribution in [0.5, 0.6) is 0 Å². The minimum absolute atomic E-state index is 0.00988. The van der Waals surface area contributed by atoms with E-state index < -0.39 is 6.04 Å². The zero-order chi connectivity index (χ0) is 18.5. The molecule has 3 heterocycles. The average Bonchev–Trinajstić information content (AvgIpc) is 3.12. The predicted octanol–water partition coefficient (Wildman–Crippen LogP) is 0.791. The summed E-state index contributed by atoms with van der Waals surface area (Å²) in [5, 5.41) is 11.4. The van der Waals surface area contributed by atoms with Gasteiger partial charge in [-0.05, 0) is 28.5 Å². The lowest BCUT2D eigenvalue weighted by molar-refractivity contribution is -0.133. The van der Waals surface area contributed by atoms with Crippen molar-refractivity contribution < 1.29 is 4.79 Å². The highest BCUT2D eigenvalue weighted by atomic mass is 16.2. The third kappa shape index (κ3) is 3.76. The van der Waals surface area contributed by atoms with Gasteiger partial charge in [0.15, 0.2) is 6.04 Å². The summed E-state index contributed by atoms with van der Waals surface area (Å²) in [6.45, 7) is 2.78. The SMILES string of the molecule is O=C([C@H](c1ccccc1)n1cnnn1)N1CCCN(c2ncccn2)CC1. The lowest BCUT2D eigenvalue weighted by Crippen LogP contribution is -2.40. The van der Waals surface area contributed by atoms with E-state index in [0.717, 1.165) is 18.5 Å². The number of amides is 1. The molecule has 0 radical (unpaired) electrons. The Bertz CT molecular complexity index is 856. The van der Waals surface area contributed by atoms with Gasteiger partial charge in [0.2, 0.25) is 5.95 Å². The van der Waals surface area contributed by atoms with Gasteiger partial charge in [0, 0.05) is 38.6 Å². The molecule has 0 saturated carbocycles. The zero-order valence-electron chi connectivity index (χ0n) is 14.8. The van der Waals surface area contributed by atoms with Crippen molar-refractivity contribution in [2.24, 2.45) is 0 Å². The van der Waals surface area contributed by atoms with Crippen molar-refractivity contribution >= 4 is 11.9 Å². The number of nitrogens with zero attached hydrogens (tertiary/aromatic N) is 8. The highest BCUT2D eigenvalue weighted by Gasteiger charge is 2.30. The zero-order valence-corrected chi connectivity index (χ0v) is 14.8. The van der Waals surface area contributed by atoms with Gasteiger partial charge in [0.25, 0.3) is 5.91 Å². The summed E-state index contributed by atoms with van der Waals surface area (Å²) in [6.07, 6.45) is 5.80. The Balaban J connectivity index is 1.54. The maximum absolute atomic E-state index is 13.4. The molecule has 1 saturated heterocycles. The number of aromatic nitrogens is 6. The van der Waals surface area contributed by atoms with Crippen LogP contribution in [0.1, 0.15) is 18.0 Å². The molecule has 1 aliphatic rings. The first-order valence-electron chi connectivity index (χ1n) is 8.91. The molecule has 1 atom stereocenters. The van der Waals surface area contributed by atoms with Gasteiger partial charge >= 0.3 is 0 Å². The second kappa shape index (κ2) is 7.90. The number of hydrogen-bond donors (Lipinski definition) is 0. The molecule has 2 aromatic heterocycles. The van der Waals surface area contributed by atoms with Gasteiger partial charge in [0.05, 0.1) is 0 Å². The number of hydrogen-bond acceptors (Lipinski definition) is 7. The van der Waals surface area contributed by atoms with Crippen LogP contribution in [0.15, 0.2) is 55.1 Å². The third-order valence-electron chi connectivity index (χ3n) is 4.62. The molecule has 1 aliphatic heterocycles. The first kappa shape index (κ1) is 17.1. The van der Waals surface area contributed by atoms with Crippen molar-refractivity contribution in [3.63, 3.8) is 0 Å². The van der Waals surface area contributed by atoms with E-state index in [9.17, 15) is 4.79 Å². The molecule has 9 heteroatoms. The van der Waals surface area contributed by atoms with Gasteiger partial charge in [-0.1, -0.05) is 30.3 Å². The minimum Gasteiger partial charge on any atom is -0.339 e. The summed E-state index contributed by atoms with van der Waals surface area (Å²) in [4.78, 5) is 26.0. The Morgan fingerprint density at radius 3 is 2.52 bits per heavy atom. The van der Waals surface area contributed by atoms with Crippen LogP contribution in [0.25, 0.3) is 0 Å². The third-order valence-corrected chi connectivity index (χ3v) is 4.62. The Morgan fingerprint density at radius 1 is 0.963 bits per heavy atom. The molecule has 9 nitrogen and oxygen atoms in total. The maximum atomic E-state index is 13.4. The number of carbonyl (C=O) groups is 1. The Labute approximate surface area is 156 Å². The molecule has 1 amide bonds. The molecule has 0 bridgehead atoms. The molecular weight excluding hydrogens is 344 g/mol. The molecule has 1 aromatic carbocycles. The second-order valence-corrected chi connectivity index (χ2v) is 6.32. The summed E-state index contributed by atoms with van der Waals surface area (Å²) >= 11 is 0. The van der Waals surface area contributed by atoms with Crippen molar-refractivity contribution in [1.29, 1.82) is 0 Å². The van der Waals surface area contributed by atoms with Crippen molar-refractivity contribution in [1.82, 2.24) is 35.1 Å². The fourth-order valence-electron chi connectivity index (χ4n) is 3.30. The Morgan fingerprint density at radius 2 is 1.78 bits per heavy atom. The monoisotopic (exact) mass is 364 g/mol. The molecule has 0 N–H and O–H groups in total.